The maximum atomic E-state index is 11.9. The molecular weight excluding hydrogens is 276 g/mol. The lowest BCUT2D eigenvalue weighted by atomic mass is 10.1. The lowest BCUT2D eigenvalue weighted by molar-refractivity contribution is -0.118. The molecule has 1 aliphatic rings. The van der Waals surface area contributed by atoms with Gasteiger partial charge in [-0.05, 0) is 24.6 Å². The quantitative estimate of drug-likeness (QED) is 0.941. The number of benzene rings is 2. The number of nitrogens with one attached hydrogen (secondary N) is 1. The van der Waals surface area contributed by atoms with Gasteiger partial charge in [-0.25, -0.2) is 0 Å². The molecule has 1 unspecified atom stereocenters. The molecule has 114 valence electrons. The van der Waals surface area contributed by atoms with Gasteiger partial charge in [-0.1, -0.05) is 30.3 Å². The van der Waals surface area contributed by atoms with Gasteiger partial charge < -0.3 is 15.0 Å². The van der Waals surface area contributed by atoms with Crippen molar-refractivity contribution in [1.82, 2.24) is 0 Å². The Morgan fingerprint density at radius 1 is 1.18 bits per heavy atom. The van der Waals surface area contributed by atoms with Crippen molar-refractivity contribution >= 4 is 17.3 Å². The molecule has 22 heavy (non-hydrogen) atoms. The Morgan fingerprint density at radius 2 is 1.95 bits per heavy atom. The minimum absolute atomic E-state index is 0.0237. The summed E-state index contributed by atoms with van der Waals surface area (Å²) in [6, 6.07) is 15.9. The second-order valence-electron chi connectivity index (χ2n) is 5.48. The van der Waals surface area contributed by atoms with Crippen molar-refractivity contribution in [3.8, 4) is 5.75 Å². The molecule has 3 rings (SSSR count). The average Bonchev–Trinajstić information content (AvgIpc) is 2.68. The number of amides is 1. The monoisotopic (exact) mass is 296 g/mol. The van der Waals surface area contributed by atoms with Crippen molar-refractivity contribution in [3.05, 3.63) is 54.1 Å². The van der Waals surface area contributed by atoms with Gasteiger partial charge in [0.1, 0.15) is 11.9 Å². The molecular formula is C18H20N2O2. The van der Waals surface area contributed by atoms with Crippen LogP contribution in [-0.2, 0) is 4.79 Å². The predicted octanol–water partition coefficient (Wildman–Crippen LogP) is 3.61. The number of carbonyl (C=O) groups excluding carboxylic acids is 1. The molecule has 2 aromatic carbocycles. The molecule has 0 aromatic heterocycles. The largest absolute Gasteiger partial charge is 0.486 e. The zero-order valence-electron chi connectivity index (χ0n) is 12.9. The van der Waals surface area contributed by atoms with Crippen LogP contribution in [0, 0.1) is 0 Å². The third-order valence-electron chi connectivity index (χ3n) is 3.94. The fourth-order valence-electron chi connectivity index (χ4n) is 2.62. The van der Waals surface area contributed by atoms with Crippen molar-refractivity contribution in [3.63, 3.8) is 0 Å². The Hall–Kier alpha value is -2.49. The molecule has 0 saturated heterocycles. The predicted molar refractivity (Wildman–Crippen MR) is 88.4 cm³/mol. The van der Waals surface area contributed by atoms with E-state index >= 15 is 0 Å². The number of anilines is 2. The van der Waals surface area contributed by atoms with Crippen LogP contribution in [0.5, 0.6) is 5.75 Å². The molecule has 4 nitrogen and oxygen atoms in total. The first kappa shape index (κ1) is 14.4. The molecule has 1 aliphatic heterocycles. The zero-order valence-corrected chi connectivity index (χ0v) is 12.9. The minimum Gasteiger partial charge on any atom is -0.486 e. The van der Waals surface area contributed by atoms with Crippen LogP contribution < -0.4 is 15.0 Å². The maximum absolute atomic E-state index is 11.9. The summed E-state index contributed by atoms with van der Waals surface area (Å²) in [5.74, 6) is 0.919. The molecule has 1 atom stereocenters. The summed E-state index contributed by atoms with van der Waals surface area (Å²) in [4.78, 5) is 13.6. The van der Waals surface area contributed by atoms with Gasteiger partial charge in [-0.2, -0.15) is 0 Å². The summed E-state index contributed by atoms with van der Waals surface area (Å²) >= 11 is 0. The highest BCUT2D eigenvalue weighted by Crippen LogP contribution is 2.33. The number of carbonyl (C=O) groups is 1. The maximum Gasteiger partial charge on any atom is 0.228 e. The molecule has 0 radical (unpaired) electrons. The van der Waals surface area contributed by atoms with Crippen LogP contribution in [0.15, 0.2) is 48.5 Å². The molecule has 0 spiro atoms. The molecule has 0 fully saturated rings. The Labute approximate surface area is 130 Å². The van der Waals surface area contributed by atoms with Crippen LogP contribution >= 0.6 is 0 Å². The van der Waals surface area contributed by atoms with E-state index in [1.54, 1.807) is 11.9 Å². The second-order valence-corrected chi connectivity index (χ2v) is 5.48. The Morgan fingerprint density at radius 3 is 2.73 bits per heavy atom. The Bertz CT molecular complexity index is 670. The van der Waals surface area contributed by atoms with Gasteiger partial charge in [0.2, 0.25) is 5.91 Å². The molecule has 0 bridgehead atoms. The topological polar surface area (TPSA) is 41.6 Å². The number of fused-ring (bicyclic) bond motifs is 1. The highest BCUT2D eigenvalue weighted by Gasteiger charge is 2.19. The SMILES string of the molecule is CC(Oc1ccc2c(c1)NCCC(=O)N2C)c1ccccc1. The van der Waals surface area contributed by atoms with Crippen molar-refractivity contribution < 1.29 is 9.53 Å². The van der Waals surface area contributed by atoms with Crippen molar-refractivity contribution in [2.75, 3.05) is 23.8 Å². The van der Waals surface area contributed by atoms with E-state index in [2.05, 4.69) is 17.4 Å². The van der Waals surface area contributed by atoms with Crippen LogP contribution in [0.25, 0.3) is 0 Å². The van der Waals surface area contributed by atoms with E-state index in [1.165, 1.54) is 0 Å². The number of hydrogen-bond acceptors (Lipinski definition) is 3. The fraction of sp³-hybridized carbons (Fsp3) is 0.278. The molecule has 4 heteroatoms. The first-order valence-electron chi connectivity index (χ1n) is 7.51. The van der Waals surface area contributed by atoms with Gasteiger partial charge >= 0.3 is 0 Å². The molecule has 1 amide bonds. The Kier molecular flexibility index (Phi) is 4.00. The van der Waals surface area contributed by atoms with E-state index in [-0.39, 0.29) is 12.0 Å². The van der Waals surface area contributed by atoms with E-state index in [9.17, 15) is 4.79 Å². The van der Waals surface area contributed by atoms with E-state index in [0.717, 1.165) is 22.7 Å². The van der Waals surface area contributed by atoms with Crippen LogP contribution in [0.2, 0.25) is 0 Å². The van der Waals surface area contributed by atoms with E-state index in [1.807, 2.05) is 43.3 Å². The normalized spacial score (nSPS) is 15.5. The molecule has 2 aromatic rings. The van der Waals surface area contributed by atoms with Gasteiger partial charge in [0.05, 0.1) is 11.4 Å². The first-order valence-corrected chi connectivity index (χ1v) is 7.51. The van der Waals surface area contributed by atoms with Crippen LogP contribution in [-0.4, -0.2) is 19.5 Å². The summed E-state index contributed by atoms with van der Waals surface area (Å²) in [6.45, 7) is 2.68. The third kappa shape index (κ3) is 2.91. The lowest BCUT2D eigenvalue weighted by Gasteiger charge is -2.20. The van der Waals surface area contributed by atoms with E-state index in [0.29, 0.717) is 13.0 Å². The van der Waals surface area contributed by atoms with Gasteiger partial charge in [0.15, 0.2) is 0 Å². The van der Waals surface area contributed by atoms with Crippen molar-refractivity contribution in [2.24, 2.45) is 0 Å². The highest BCUT2D eigenvalue weighted by atomic mass is 16.5. The van der Waals surface area contributed by atoms with Crippen molar-refractivity contribution in [1.29, 1.82) is 0 Å². The Balaban J connectivity index is 1.82. The van der Waals surface area contributed by atoms with Crippen LogP contribution in [0.3, 0.4) is 0 Å². The molecule has 0 saturated carbocycles. The lowest BCUT2D eigenvalue weighted by Crippen LogP contribution is -2.25. The average molecular weight is 296 g/mol. The van der Waals surface area contributed by atoms with Crippen LogP contribution in [0.4, 0.5) is 11.4 Å². The summed E-state index contributed by atoms with van der Waals surface area (Å²) in [5, 5.41) is 3.30. The number of rotatable bonds is 3. The van der Waals surface area contributed by atoms with Gasteiger partial charge in [0, 0.05) is 26.1 Å². The van der Waals surface area contributed by atoms with Gasteiger partial charge in [-0.3, -0.25) is 4.79 Å². The number of ether oxygens (including phenoxy) is 1. The number of hydrogen-bond donors (Lipinski definition) is 1. The summed E-state index contributed by atoms with van der Waals surface area (Å²) < 4.78 is 6.03. The van der Waals surface area contributed by atoms with E-state index in [4.69, 9.17) is 4.74 Å². The summed E-state index contributed by atoms with van der Waals surface area (Å²) in [6.07, 6.45) is 0.478. The summed E-state index contributed by atoms with van der Waals surface area (Å²) in [7, 11) is 1.81. The number of nitrogens with zero attached hydrogens (tertiary/aromatic N) is 1. The zero-order chi connectivity index (χ0) is 15.5. The smallest absolute Gasteiger partial charge is 0.228 e. The highest BCUT2D eigenvalue weighted by molar-refractivity contribution is 5.98. The van der Waals surface area contributed by atoms with Gasteiger partial charge in [-0.15, -0.1) is 0 Å². The van der Waals surface area contributed by atoms with Gasteiger partial charge in [0.25, 0.3) is 0 Å². The van der Waals surface area contributed by atoms with Crippen molar-refractivity contribution in [2.45, 2.75) is 19.4 Å². The summed E-state index contributed by atoms with van der Waals surface area (Å²) in [5.41, 5.74) is 2.96. The first-order chi connectivity index (χ1) is 10.6. The van der Waals surface area contributed by atoms with Crippen LogP contribution in [0.1, 0.15) is 25.0 Å². The second kappa shape index (κ2) is 6.10. The molecule has 0 aliphatic carbocycles. The van der Waals surface area contributed by atoms with E-state index < -0.39 is 0 Å². The standard InChI is InChI=1S/C18H20N2O2/c1-13(14-6-4-3-5-7-14)22-15-8-9-17-16(12-15)19-11-10-18(21)20(17)2/h3-9,12-13,19H,10-11H2,1-2H3. The minimum atomic E-state index is -0.0237. The fourth-order valence-corrected chi connectivity index (χ4v) is 2.62. The molecule has 1 heterocycles. The molecule has 1 N–H and O–H groups in total. The third-order valence-corrected chi connectivity index (χ3v) is 3.94.